The molecule has 3 heteroatoms. The Labute approximate surface area is 114 Å². The Balaban J connectivity index is 2.48. The van der Waals surface area contributed by atoms with Gasteiger partial charge in [0.05, 0.1) is 0 Å². The molecule has 100 valence electrons. The molecule has 0 amide bonds. The second-order valence-electron chi connectivity index (χ2n) is 5.65. The summed E-state index contributed by atoms with van der Waals surface area (Å²) in [6, 6.07) is 0. The average molecular weight is 305 g/mol. The third-order valence-corrected chi connectivity index (χ3v) is 4.32. The summed E-state index contributed by atoms with van der Waals surface area (Å²) in [7, 11) is 0. The zero-order chi connectivity index (χ0) is 12.8. The molecule has 0 bridgehead atoms. The molecule has 0 aromatic heterocycles. The van der Waals surface area contributed by atoms with Gasteiger partial charge in [0.15, 0.2) is 0 Å². The fourth-order valence-corrected chi connectivity index (χ4v) is 2.97. The SMILES string of the molecule is CC1CCC(C(C)C)C(OC(=O)CCCBr)C1. The summed E-state index contributed by atoms with van der Waals surface area (Å²) in [4.78, 5) is 11.7. The molecule has 0 heterocycles. The molecule has 3 unspecified atom stereocenters. The Kier molecular flexibility index (Phi) is 6.53. The molecule has 0 saturated heterocycles. The van der Waals surface area contributed by atoms with E-state index in [0.29, 0.717) is 24.2 Å². The van der Waals surface area contributed by atoms with Gasteiger partial charge in [-0.05, 0) is 37.0 Å². The van der Waals surface area contributed by atoms with Crippen molar-refractivity contribution in [3.63, 3.8) is 0 Å². The monoisotopic (exact) mass is 304 g/mol. The van der Waals surface area contributed by atoms with Crippen LogP contribution >= 0.6 is 15.9 Å². The quantitative estimate of drug-likeness (QED) is 0.563. The van der Waals surface area contributed by atoms with Crippen molar-refractivity contribution in [1.82, 2.24) is 0 Å². The summed E-state index contributed by atoms with van der Waals surface area (Å²) in [5.74, 6) is 1.84. The molecule has 1 aliphatic carbocycles. The number of esters is 1. The third kappa shape index (κ3) is 4.99. The minimum Gasteiger partial charge on any atom is -0.462 e. The number of ether oxygens (including phenoxy) is 1. The van der Waals surface area contributed by atoms with Crippen LogP contribution < -0.4 is 0 Å². The van der Waals surface area contributed by atoms with Gasteiger partial charge in [0.2, 0.25) is 0 Å². The summed E-state index contributed by atoms with van der Waals surface area (Å²) < 4.78 is 5.68. The zero-order valence-corrected chi connectivity index (χ0v) is 12.8. The van der Waals surface area contributed by atoms with Crippen LogP contribution in [0.5, 0.6) is 0 Å². The molecule has 1 saturated carbocycles. The normalized spacial score (nSPS) is 29.4. The molecule has 3 atom stereocenters. The number of halogens is 1. The molecule has 1 rings (SSSR count). The largest absolute Gasteiger partial charge is 0.462 e. The number of alkyl halides is 1. The fourth-order valence-electron chi connectivity index (χ4n) is 2.69. The van der Waals surface area contributed by atoms with E-state index in [1.807, 2.05) is 0 Å². The maximum absolute atomic E-state index is 11.7. The second-order valence-corrected chi connectivity index (χ2v) is 6.44. The standard InChI is InChI=1S/C14H25BrO2/c1-10(2)12-7-6-11(3)9-13(12)17-14(16)5-4-8-15/h10-13H,4-9H2,1-3H3. The van der Waals surface area contributed by atoms with Gasteiger partial charge in [-0.25, -0.2) is 0 Å². The van der Waals surface area contributed by atoms with Crippen LogP contribution in [0.3, 0.4) is 0 Å². The van der Waals surface area contributed by atoms with Crippen molar-refractivity contribution in [3.8, 4) is 0 Å². The van der Waals surface area contributed by atoms with Crippen LogP contribution in [0.4, 0.5) is 0 Å². The van der Waals surface area contributed by atoms with Crippen LogP contribution in [-0.2, 0) is 9.53 Å². The molecular weight excluding hydrogens is 280 g/mol. The fraction of sp³-hybridized carbons (Fsp3) is 0.929. The lowest BCUT2D eigenvalue weighted by Gasteiger charge is -2.36. The van der Waals surface area contributed by atoms with Crippen molar-refractivity contribution in [3.05, 3.63) is 0 Å². The molecule has 0 aromatic rings. The predicted octanol–water partition coefficient (Wildman–Crippen LogP) is 4.17. The van der Waals surface area contributed by atoms with Crippen LogP contribution in [0.25, 0.3) is 0 Å². The molecule has 1 fully saturated rings. The van der Waals surface area contributed by atoms with Crippen molar-refractivity contribution in [2.75, 3.05) is 5.33 Å². The van der Waals surface area contributed by atoms with Gasteiger partial charge in [-0.15, -0.1) is 0 Å². The summed E-state index contributed by atoms with van der Waals surface area (Å²) in [6.45, 7) is 6.73. The van der Waals surface area contributed by atoms with E-state index in [1.165, 1.54) is 12.8 Å². The lowest BCUT2D eigenvalue weighted by atomic mass is 9.75. The maximum Gasteiger partial charge on any atom is 0.306 e. The lowest BCUT2D eigenvalue weighted by Crippen LogP contribution is -2.35. The van der Waals surface area contributed by atoms with Crippen molar-refractivity contribution < 1.29 is 9.53 Å². The summed E-state index contributed by atoms with van der Waals surface area (Å²) in [5, 5.41) is 0.872. The molecule has 0 radical (unpaired) electrons. The highest BCUT2D eigenvalue weighted by Gasteiger charge is 2.33. The van der Waals surface area contributed by atoms with Gasteiger partial charge in [0.25, 0.3) is 0 Å². The maximum atomic E-state index is 11.7. The Hall–Kier alpha value is -0.0500. The first-order valence-corrected chi connectivity index (χ1v) is 7.92. The Morgan fingerprint density at radius 2 is 2.12 bits per heavy atom. The minimum absolute atomic E-state index is 0.0193. The molecular formula is C14H25BrO2. The topological polar surface area (TPSA) is 26.3 Å². The number of rotatable bonds is 5. The van der Waals surface area contributed by atoms with Gasteiger partial charge in [0.1, 0.15) is 6.10 Å². The Bertz CT molecular complexity index is 240. The first kappa shape index (κ1) is 15.0. The van der Waals surface area contributed by atoms with E-state index >= 15 is 0 Å². The number of carbonyl (C=O) groups is 1. The lowest BCUT2D eigenvalue weighted by molar-refractivity contribution is -0.155. The van der Waals surface area contributed by atoms with E-state index in [1.54, 1.807) is 0 Å². The van der Waals surface area contributed by atoms with Crippen LogP contribution in [-0.4, -0.2) is 17.4 Å². The van der Waals surface area contributed by atoms with E-state index in [-0.39, 0.29) is 12.1 Å². The molecule has 0 aromatic carbocycles. The molecule has 1 aliphatic rings. The highest BCUT2D eigenvalue weighted by Crippen LogP contribution is 2.35. The molecule has 17 heavy (non-hydrogen) atoms. The van der Waals surface area contributed by atoms with E-state index < -0.39 is 0 Å². The summed E-state index contributed by atoms with van der Waals surface area (Å²) in [6.07, 6.45) is 5.09. The number of hydrogen-bond donors (Lipinski definition) is 0. The number of carbonyl (C=O) groups excluding carboxylic acids is 1. The van der Waals surface area contributed by atoms with Gasteiger partial charge < -0.3 is 4.74 Å². The third-order valence-electron chi connectivity index (χ3n) is 3.76. The molecule has 0 aliphatic heterocycles. The second kappa shape index (κ2) is 7.40. The van der Waals surface area contributed by atoms with Crippen molar-refractivity contribution >= 4 is 21.9 Å². The smallest absolute Gasteiger partial charge is 0.306 e. The predicted molar refractivity (Wildman–Crippen MR) is 74.3 cm³/mol. The van der Waals surface area contributed by atoms with E-state index in [0.717, 1.165) is 18.2 Å². The first-order valence-electron chi connectivity index (χ1n) is 6.80. The average Bonchev–Trinajstić information content (AvgIpc) is 2.26. The highest BCUT2D eigenvalue weighted by molar-refractivity contribution is 9.09. The van der Waals surface area contributed by atoms with Gasteiger partial charge >= 0.3 is 5.97 Å². The van der Waals surface area contributed by atoms with E-state index in [2.05, 4.69) is 36.7 Å². The zero-order valence-electron chi connectivity index (χ0n) is 11.2. The summed E-state index contributed by atoms with van der Waals surface area (Å²) >= 11 is 3.34. The minimum atomic E-state index is -0.0193. The number of hydrogen-bond acceptors (Lipinski definition) is 2. The Morgan fingerprint density at radius 1 is 1.41 bits per heavy atom. The summed E-state index contributed by atoms with van der Waals surface area (Å²) in [5.41, 5.74) is 0. The van der Waals surface area contributed by atoms with Gasteiger partial charge in [-0.3, -0.25) is 4.79 Å². The van der Waals surface area contributed by atoms with Crippen molar-refractivity contribution in [2.45, 2.75) is 59.0 Å². The van der Waals surface area contributed by atoms with E-state index in [4.69, 9.17) is 4.74 Å². The van der Waals surface area contributed by atoms with Crippen LogP contribution in [0.15, 0.2) is 0 Å². The van der Waals surface area contributed by atoms with Gasteiger partial charge in [-0.1, -0.05) is 43.1 Å². The van der Waals surface area contributed by atoms with Crippen LogP contribution in [0.1, 0.15) is 52.9 Å². The van der Waals surface area contributed by atoms with Crippen molar-refractivity contribution in [2.24, 2.45) is 17.8 Å². The Morgan fingerprint density at radius 3 is 2.71 bits per heavy atom. The van der Waals surface area contributed by atoms with Crippen LogP contribution in [0, 0.1) is 17.8 Å². The van der Waals surface area contributed by atoms with E-state index in [9.17, 15) is 4.79 Å². The molecule has 0 spiro atoms. The van der Waals surface area contributed by atoms with Gasteiger partial charge in [0, 0.05) is 11.8 Å². The van der Waals surface area contributed by atoms with Crippen molar-refractivity contribution in [1.29, 1.82) is 0 Å². The molecule has 0 N–H and O–H groups in total. The van der Waals surface area contributed by atoms with Crippen LogP contribution in [0.2, 0.25) is 0 Å². The first-order chi connectivity index (χ1) is 8.04. The van der Waals surface area contributed by atoms with Gasteiger partial charge in [-0.2, -0.15) is 0 Å². The highest BCUT2D eigenvalue weighted by atomic mass is 79.9. The molecule has 2 nitrogen and oxygen atoms in total.